The summed E-state index contributed by atoms with van der Waals surface area (Å²) in [5, 5.41) is 11.0. The molecule has 5 nitrogen and oxygen atoms in total. The third-order valence-electron chi connectivity index (χ3n) is 3.74. The molecule has 1 heterocycles. The van der Waals surface area contributed by atoms with Gasteiger partial charge in [0.25, 0.3) is 5.91 Å². The minimum atomic E-state index is -4.04. The molecule has 0 spiro atoms. The minimum Gasteiger partial charge on any atom is -0.477 e. The van der Waals surface area contributed by atoms with Gasteiger partial charge >= 0.3 is 11.9 Å². The third kappa shape index (κ3) is 3.59. The van der Waals surface area contributed by atoms with Crippen LogP contribution in [0.1, 0.15) is 23.2 Å². The van der Waals surface area contributed by atoms with Crippen LogP contribution in [0, 0.1) is 5.92 Å². The molecular formula is C15H17F2NO4. The van der Waals surface area contributed by atoms with Crippen molar-refractivity contribution in [1.29, 1.82) is 0 Å². The first-order valence-electron chi connectivity index (χ1n) is 6.98. The van der Waals surface area contributed by atoms with Gasteiger partial charge in [0.15, 0.2) is 0 Å². The highest BCUT2D eigenvalue weighted by molar-refractivity contribution is 5.94. The van der Waals surface area contributed by atoms with E-state index in [0.717, 1.165) is 0 Å². The first kappa shape index (κ1) is 16.4. The molecule has 1 saturated heterocycles. The Balaban J connectivity index is 2.20. The van der Waals surface area contributed by atoms with Crippen LogP contribution in [-0.4, -0.2) is 42.2 Å². The maximum absolute atomic E-state index is 14.0. The molecule has 1 aromatic rings. The van der Waals surface area contributed by atoms with Crippen LogP contribution in [0.2, 0.25) is 0 Å². The molecule has 2 rings (SSSR count). The summed E-state index contributed by atoms with van der Waals surface area (Å²) in [6, 6.07) is 6.10. The van der Waals surface area contributed by atoms with E-state index in [-0.39, 0.29) is 31.6 Å². The number of alkyl halides is 2. The average Bonchev–Trinajstić information content (AvgIpc) is 2.53. The van der Waals surface area contributed by atoms with Crippen LogP contribution >= 0.6 is 0 Å². The van der Waals surface area contributed by atoms with Crippen molar-refractivity contribution in [2.24, 2.45) is 5.92 Å². The van der Waals surface area contributed by atoms with E-state index in [1.165, 1.54) is 12.1 Å². The molecule has 0 bridgehead atoms. The molecule has 0 aliphatic carbocycles. The Morgan fingerprint density at radius 1 is 1.23 bits per heavy atom. The zero-order valence-electron chi connectivity index (χ0n) is 11.8. The average molecular weight is 313 g/mol. The van der Waals surface area contributed by atoms with Crippen molar-refractivity contribution in [1.82, 2.24) is 5.32 Å². The Morgan fingerprint density at radius 2 is 1.82 bits per heavy atom. The Morgan fingerprint density at radius 3 is 2.36 bits per heavy atom. The number of halogens is 2. The molecule has 1 fully saturated rings. The second kappa shape index (κ2) is 6.83. The molecule has 0 radical (unpaired) electrons. The largest absolute Gasteiger partial charge is 0.477 e. The summed E-state index contributed by atoms with van der Waals surface area (Å²) in [6.07, 6.45) is 0.561. The summed E-state index contributed by atoms with van der Waals surface area (Å²) in [5.74, 6) is -7.63. The minimum absolute atomic E-state index is 0.209. The number of hydrogen-bond donors (Lipinski definition) is 2. The Kier molecular flexibility index (Phi) is 5.07. The van der Waals surface area contributed by atoms with Crippen LogP contribution in [0.25, 0.3) is 0 Å². The van der Waals surface area contributed by atoms with Crippen LogP contribution in [0.15, 0.2) is 30.3 Å². The number of carbonyl (C=O) groups excluding carboxylic acids is 1. The number of benzene rings is 1. The van der Waals surface area contributed by atoms with Gasteiger partial charge < -0.3 is 15.2 Å². The highest BCUT2D eigenvalue weighted by Gasteiger charge is 2.51. The molecule has 1 atom stereocenters. The van der Waals surface area contributed by atoms with E-state index in [1.807, 2.05) is 0 Å². The highest BCUT2D eigenvalue weighted by atomic mass is 19.3. The zero-order valence-corrected chi connectivity index (χ0v) is 11.8. The first-order valence-corrected chi connectivity index (χ1v) is 6.98. The molecular weight excluding hydrogens is 296 g/mol. The van der Waals surface area contributed by atoms with Crippen LogP contribution in [0.5, 0.6) is 0 Å². The highest BCUT2D eigenvalue weighted by Crippen LogP contribution is 2.30. The zero-order chi connectivity index (χ0) is 16.2. The van der Waals surface area contributed by atoms with Gasteiger partial charge in [-0.1, -0.05) is 18.2 Å². The van der Waals surface area contributed by atoms with Gasteiger partial charge in [-0.3, -0.25) is 4.79 Å². The van der Waals surface area contributed by atoms with Gasteiger partial charge in [0, 0.05) is 18.8 Å². The molecule has 1 aliphatic rings. The van der Waals surface area contributed by atoms with Crippen molar-refractivity contribution >= 4 is 11.9 Å². The van der Waals surface area contributed by atoms with Crippen LogP contribution in [0.4, 0.5) is 8.78 Å². The van der Waals surface area contributed by atoms with E-state index in [1.54, 1.807) is 18.2 Å². The molecule has 1 amide bonds. The second-order valence-corrected chi connectivity index (χ2v) is 5.20. The predicted molar refractivity (Wildman–Crippen MR) is 73.8 cm³/mol. The van der Waals surface area contributed by atoms with Gasteiger partial charge in [0.1, 0.15) is 6.04 Å². The Labute approximate surface area is 126 Å². The van der Waals surface area contributed by atoms with Crippen molar-refractivity contribution in [3.8, 4) is 0 Å². The quantitative estimate of drug-likeness (QED) is 0.871. The van der Waals surface area contributed by atoms with E-state index in [2.05, 4.69) is 5.32 Å². The summed E-state index contributed by atoms with van der Waals surface area (Å²) >= 11 is 0. The SMILES string of the molecule is O=C(NC(C1CCOCC1)C(F)(F)C(=O)O)c1ccccc1. The number of amides is 1. The van der Waals surface area contributed by atoms with Crippen molar-refractivity contribution in [3.63, 3.8) is 0 Å². The fourth-order valence-electron chi connectivity index (χ4n) is 2.50. The van der Waals surface area contributed by atoms with Crippen LogP contribution in [-0.2, 0) is 9.53 Å². The summed E-state index contributed by atoms with van der Waals surface area (Å²) in [4.78, 5) is 23.0. The summed E-state index contributed by atoms with van der Waals surface area (Å²) in [5.41, 5.74) is 0.209. The maximum Gasteiger partial charge on any atom is 0.376 e. The van der Waals surface area contributed by atoms with Gasteiger partial charge in [0.05, 0.1) is 0 Å². The number of aliphatic carboxylic acids is 1. The summed E-state index contributed by atoms with van der Waals surface area (Å²) < 4.78 is 33.1. The normalized spacial score (nSPS) is 17.7. The number of rotatable bonds is 5. The number of carbonyl (C=O) groups is 2. The standard InChI is InChI=1S/C15H17F2NO4/c16-15(17,14(20)21)12(10-6-8-22-9-7-10)18-13(19)11-4-2-1-3-5-11/h1-5,10,12H,6-9H2,(H,18,19)(H,20,21). The number of carboxylic acid groups (broad SMARTS) is 1. The van der Waals surface area contributed by atoms with E-state index in [4.69, 9.17) is 9.84 Å². The monoisotopic (exact) mass is 313 g/mol. The molecule has 2 N–H and O–H groups in total. The fourth-order valence-corrected chi connectivity index (χ4v) is 2.50. The maximum atomic E-state index is 14.0. The van der Waals surface area contributed by atoms with E-state index < -0.39 is 29.8 Å². The van der Waals surface area contributed by atoms with Gasteiger partial charge in [-0.2, -0.15) is 8.78 Å². The Hall–Kier alpha value is -2.02. The second-order valence-electron chi connectivity index (χ2n) is 5.20. The number of ether oxygens (including phenoxy) is 1. The van der Waals surface area contributed by atoms with E-state index in [0.29, 0.717) is 0 Å². The van der Waals surface area contributed by atoms with Crippen LogP contribution in [0.3, 0.4) is 0 Å². The lowest BCUT2D eigenvalue weighted by molar-refractivity contribution is -0.172. The lowest BCUT2D eigenvalue weighted by Crippen LogP contribution is -2.56. The predicted octanol–water partition coefficient (Wildman–Crippen LogP) is 1.93. The van der Waals surface area contributed by atoms with Gasteiger partial charge in [0.2, 0.25) is 0 Å². The summed E-state index contributed by atoms with van der Waals surface area (Å²) in [7, 11) is 0. The molecule has 1 aliphatic heterocycles. The molecule has 0 aromatic heterocycles. The molecule has 0 saturated carbocycles. The van der Waals surface area contributed by atoms with Crippen LogP contribution < -0.4 is 5.32 Å². The number of carboxylic acids is 1. The molecule has 1 aromatic carbocycles. The number of nitrogens with one attached hydrogen (secondary N) is 1. The Bertz CT molecular complexity index is 530. The topological polar surface area (TPSA) is 75.6 Å². The molecule has 120 valence electrons. The number of hydrogen-bond acceptors (Lipinski definition) is 3. The third-order valence-corrected chi connectivity index (χ3v) is 3.74. The lowest BCUT2D eigenvalue weighted by atomic mass is 9.87. The summed E-state index contributed by atoms with van der Waals surface area (Å²) in [6.45, 7) is 0.552. The molecule has 1 unspecified atom stereocenters. The van der Waals surface area contributed by atoms with Crippen molar-refractivity contribution in [3.05, 3.63) is 35.9 Å². The van der Waals surface area contributed by atoms with E-state index in [9.17, 15) is 18.4 Å². The van der Waals surface area contributed by atoms with Gasteiger partial charge in [-0.15, -0.1) is 0 Å². The van der Waals surface area contributed by atoms with Gasteiger partial charge in [-0.05, 0) is 30.9 Å². The van der Waals surface area contributed by atoms with Crippen molar-refractivity contribution < 1.29 is 28.2 Å². The smallest absolute Gasteiger partial charge is 0.376 e. The first-order chi connectivity index (χ1) is 10.4. The lowest BCUT2D eigenvalue weighted by Gasteiger charge is -2.34. The van der Waals surface area contributed by atoms with Crippen molar-refractivity contribution in [2.45, 2.75) is 24.8 Å². The molecule has 22 heavy (non-hydrogen) atoms. The fraction of sp³-hybridized carbons (Fsp3) is 0.467. The molecule has 7 heteroatoms. The van der Waals surface area contributed by atoms with Gasteiger partial charge in [-0.25, -0.2) is 4.79 Å². The van der Waals surface area contributed by atoms with E-state index >= 15 is 0 Å². The van der Waals surface area contributed by atoms with Crippen molar-refractivity contribution in [2.75, 3.05) is 13.2 Å².